The lowest BCUT2D eigenvalue weighted by Gasteiger charge is -2.17. The van der Waals surface area contributed by atoms with Crippen molar-refractivity contribution in [1.29, 1.82) is 0 Å². The van der Waals surface area contributed by atoms with E-state index in [1.54, 1.807) is 24.3 Å². The van der Waals surface area contributed by atoms with E-state index in [1.807, 2.05) is 12.1 Å². The van der Waals surface area contributed by atoms with E-state index >= 15 is 0 Å². The summed E-state index contributed by atoms with van der Waals surface area (Å²) in [5, 5.41) is 0.166. The van der Waals surface area contributed by atoms with E-state index in [4.69, 9.17) is 5.73 Å². The minimum Gasteiger partial charge on any atom is -0.378 e. The highest BCUT2D eigenvalue weighted by Crippen LogP contribution is 2.36. The summed E-state index contributed by atoms with van der Waals surface area (Å²) < 4.78 is 26.7. The first-order chi connectivity index (χ1) is 14.0. The van der Waals surface area contributed by atoms with E-state index < -0.39 is 0 Å². The molecule has 0 saturated heterocycles. The van der Waals surface area contributed by atoms with Gasteiger partial charge in [-0.1, -0.05) is 62.0 Å². The number of aliphatic imine (C=N–C) groups is 1. The van der Waals surface area contributed by atoms with Crippen LogP contribution in [0.4, 0.5) is 14.5 Å². The summed E-state index contributed by atoms with van der Waals surface area (Å²) in [6.45, 7) is 4.36. The maximum Gasteiger partial charge on any atom is 0.160 e. The van der Waals surface area contributed by atoms with Gasteiger partial charge in [0.25, 0.3) is 0 Å². The van der Waals surface area contributed by atoms with Crippen molar-refractivity contribution in [2.45, 2.75) is 31.4 Å². The summed E-state index contributed by atoms with van der Waals surface area (Å²) in [6, 6.07) is 20.6. The Labute approximate surface area is 174 Å². The first kappa shape index (κ1) is 21.1. The Hall–Kier alpha value is -2.66. The van der Waals surface area contributed by atoms with Crippen molar-refractivity contribution in [3.05, 3.63) is 101 Å². The number of hydrogen-bond acceptors (Lipinski definition) is 2. The molecule has 3 aromatic rings. The molecule has 2 N–H and O–H groups in total. The second-order valence-corrected chi connectivity index (χ2v) is 8.08. The van der Waals surface area contributed by atoms with Crippen LogP contribution < -0.4 is 5.73 Å². The van der Waals surface area contributed by atoms with Gasteiger partial charge >= 0.3 is 0 Å². The largest absolute Gasteiger partial charge is 0.378 e. The molecule has 0 amide bonds. The Morgan fingerprint density at radius 2 is 1.28 bits per heavy atom. The highest BCUT2D eigenvalue weighted by molar-refractivity contribution is 8.14. The Bertz CT molecular complexity index is 906. The summed E-state index contributed by atoms with van der Waals surface area (Å²) in [5.41, 5.74) is 10.0. The lowest BCUT2D eigenvalue weighted by molar-refractivity contribution is 0.626. The Balaban J connectivity index is 1.85. The molecule has 150 valence electrons. The number of nitrogens with zero attached hydrogens (tertiary/aromatic N) is 1. The number of nitrogens with two attached hydrogens (primary N) is 1. The first-order valence-electron chi connectivity index (χ1n) is 9.58. The van der Waals surface area contributed by atoms with Crippen LogP contribution in [-0.4, -0.2) is 5.17 Å². The molecule has 29 heavy (non-hydrogen) atoms. The van der Waals surface area contributed by atoms with E-state index in [9.17, 15) is 8.78 Å². The predicted octanol–water partition coefficient (Wildman–Crippen LogP) is 6.95. The van der Waals surface area contributed by atoms with Crippen molar-refractivity contribution >= 4 is 22.6 Å². The molecule has 1 atom stereocenters. The van der Waals surface area contributed by atoms with Crippen LogP contribution in [0.5, 0.6) is 0 Å². The van der Waals surface area contributed by atoms with E-state index in [-0.39, 0.29) is 16.9 Å². The van der Waals surface area contributed by atoms with Gasteiger partial charge in [-0.05, 0) is 65.4 Å². The third-order valence-corrected chi connectivity index (χ3v) is 6.01. The summed E-state index contributed by atoms with van der Waals surface area (Å²) in [6.07, 6.45) is 1.08. The van der Waals surface area contributed by atoms with Crippen LogP contribution in [-0.2, 0) is 0 Å². The normalized spacial score (nSPS) is 12.9. The summed E-state index contributed by atoms with van der Waals surface area (Å²) >= 11 is 1.36. The van der Waals surface area contributed by atoms with Gasteiger partial charge < -0.3 is 5.73 Å². The zero-order valence-corrected chi connectivity index (χ0v) is 17.3. The fourth-order valence-electron chi connectivity index (χ4n) is 2.99. The molecule has 0 aliphatic carbocycles. The molecule has 0 spiro atoms. The molecule has 0 aromatic heterocycles. The van der Waals surface area contributed by atoms with Crippen LogP contribution in [0.2, 0.25) is 0 Å². The molecule has 0 unspecified atom stereocenters. The molecular weight excluding hydrogens is 386 g/mol. The maximum absolute atomic E-state index is 13.4. The van der Waals surface area contributed by atoms with Gasteiger partial charge in [0.15, 0.2) is 5.17 Å². The second kappa shape index (κ2) is 9.70. The average molecular weight is 411 g/mol. The molecular formula is C24H24F2N2S. The molecule has 0 radical (unpaired) electrons. The fourth-order valence-corrected chi connectivity index (χ4v) is 3.98. The molecule has 5 heteroatoms. The second-order valence-electron chi connectivity index (χ2n) is 6.95. The number of thioether (sulfide) groups is 1. The SMILES string of the molecule is CC[C@@H](C)c1ccc(N=C(N)SC(c2ccc(F)cc2)c2ccc(F)cc2)cc1. The number of rotatable bonds is 6. The van der Waals surface area contributed by atoms with Gasteiger partial charge in [0.1, 0.15) is 11.6 Å². The molecule has 0 aliphatic heterocycles. The minimum atomic E-state index is -0.306. The van der Waals surface area contributed by atoms with E-state index in [2.05, 4.69) is 31.0 Å². The van der Waals surface area contributed by atoms with Crippen molar-refractivity contribution < 1.29 is 8.78 Å². The van der Waals surface area contributed by atoms with E-state index in [1.165, 1.54) is 41.6 Å². The van der Waals surface area contributed by atoms with Gasteiger partial charge in [-0.2, -0.15) is 0 Å². The Morgan fingerprint density at radius 3 is 1.72 bits per heavy atom. The van der Waals surface area contributed by atoms with E-state index in [0.29, 0.717) is 11.1 Å². The predicted molar refractivity (Wildman–Crippen MR) is 119 cm³/mol. The van der Waals surface area contributed by atoms with Crippen molar-refractivity contribution in [3.63, 3.8) is 0 Å². The Morgan fingerprint density at radius 1 is 0.828 bits per heavy atom. The van der Waals surface area contributed by atoms with E-state index in [0.717, 1.165) is 23.2 Å². The third kappa shape index (κ3) is 5.67. The summed E-state index contributed by atoms with van der Waals surface area (Å²) in [5.74, 6) is -0.111. The fraction of sp³-hybridized carbons (Fsp3) is 0.208. The molecule has 2 nitrogen and oxygen atoms in total. The van der Waals surface area contributed by atoms with Crippen molar-refractivity contribution in [3.8, 4) is 0 Å². The van der Waals surface area contributed by atoms with Crippen LogP contribution in [0.1, 0.15) is 48.1 Å². The van der Waals surface area contributed by atoms with Crippen molar-refractivity contribution in [1.82, 2.24) is 0 Å². The van der Waals surface area contributed by atoms with Gasteiger partial charge in [0.2, 0.25) is 0 Å². The number of amidine groups is 1. The Kier molecular flexibility index (Phi) is 7.04. The summed E-state index contributed by atoms with van der Waals surface area (Å²) in [4.78, 5) is 4.52. The number of halogens is 2. The zero-order valence-electron chi connectivity index (χ0n) is 16.5. The van der Waals surface area contributed by atoms with Crippen molar-refractivity contribution in [2.75, 3.05) is 0 Å². The highest BCUT2D eigenvalue weighted by Gasteiger charge is 2.17. The molecule has 3 aromatic carbocycles. The lowest BCUT2D eigenvalue weighted by Crippen LogP contribution is -2.10. The van der Waals surface area contributed by atoms with Gasteiger partial charge in [0, 0.05) is 0 Å². The quantitative estimate of drug-likeness (QED) is 0.353. The average Bonchev–Trinajstić information content (AvgIpc) is 2.73. The maximum atomic E-state index is 13.4. The summed E-state index contributed by atoms with van der Waals surface area (Å²) in [7, 11) is 0. The minimum absolute atomic E-state index is 0.223. The number of benzene rings is 3. The molecule has 0 heterocycles. The monoisotopic (exact) mass is 410 g/mol. The smallest absolute Gasteiger partial charge is 0.160 e. The van der Waals surface area contributed by atoms with Gasteiger partial charge in [-0.3, -0.25) is 0 Å². The van der Waals surface area contributed by atoms with Gasteiger partial charge in [0.05, 0.1) is 10.9 Å². The third-order valence-electron chi connectivity index (χ3n) is 4.90. The van der Waals surface area contributed by atoms with Crippen molar-refractivity contribution in [2.24, 2.45) is 10.7 Å². The standard InChI is InChI=1S/C24H24F2N2S/c1-3-16(2)17-8-14-22(15-9-17)28-24(27)29-23(18-4-10-20(25)11-5-18)19-6-12-21(26)13-7-19/h4-16,23H,3H2,1-2H3,(H2,27,28)/t16-/m1/s1. The van der Waals surface area contributed by atoms with Gasteiger partial charge in [-0.25, -0.2) is 13.8 Å². The first-order valence-corrected chi connectivity index (χ1v) is 10.5. The highest BCUT2D eigenvalue weighted by atomic mass is 32.2. The topological polar surface area (TPSA) is 38.4 Å². The van der Waals surface area contributed by atoms with Gasteiger partial charge in [-0.15, -0.1) is 0 Å². The molecule has 0 fully saturated rings. The zero-order chi connectivity index (χ0) is 20.8. The van der Waals surface area contributed by atoms with Crippen LogP contribution >= 0.6 is 11.8 Å². The lowest BCUT2D eigenvalue weighted by atomic mass is 9.99. The van der Waals surface area contributed by atoms with Crippen LogP contribution in [0, 0.1) is 11.6 Å². The molecule has 3 rings (SSSR count). The molecule has 0 bridgehead atoms. The molecule has 0 saturated carbocycles. The van der Waals surface area contributed by atoms with Crippen LogP contribution in [0.3, 0.4) is 0 Å². The molecule has 0 aliphatic rings. The van der Waals surface area contributed by atoms with Crippen LogP contribution in [0.25, 0.3) is 0 Å². The number of hydrogen-bond donors (Lipinski definition) is 1. The van der Waals surface area contributed by atoms with Crippen LogP contribution in [0.15, 0.2) is 77.8 Å².